The molecule has 1 unspecified atom stereocenters. The van der Waals surface area contributed by atoms with Crippen molar-refractivity contribution < 1.29 is 28.7 Å². The lowest BCUT2D eigenvalue weighted by atomic mass is 10.1. The van der Waals surface area contributed by atoms with Gasteiger partial charge in [0.25, 0.3) is 11.8 Å². The van der Waals surface area contributed by atoms with Crippen LogP contribution >= 0.6 is 23.4 Å². The molecule has 0 radical (unpaired) electrons. The van der Waals surface area contributed by atoms with E-state index in [1.54, 1.807) is 61.5 Å². The van der Waals surface area contributed by atoms with Crippen molar-refractivity contribution in [2.75, 3.05) is 10.6 Å². The molecule has 4 N–H and O–H groups in total. The average molecular weight is 618 g/mol. The van der Waals surface area contributed by atoms with Gasteiger partial charge in [0.1, 0.15) is 11.5 Å². The summed E-state index contributed by atoms with van der Waals surface area (Å²) in [5, 5.41) is 16.5. The van der Waals surface area contributed by atoms with Gasteiger partial charge in [0.05, 0.1) is 15.8 Å². The van der Waals surface area contributed by atoms with Crippen molar-refractivity contribution in [1.29, 1.82) is 0 Å². The van der Waals surface area contributed by atoms with Gasteiger partial charge in [-0.2, -0.15) is 0 Å². The van der Waals surface area contributed by atoms with Crippen LogP contribution in [0.1, 0.15) is 33.2 Å². The number of nitrogens with one attached hydrogen (secondary N) is 3. The van der Waals surface area contributed by atoms with E-state index in [0.717, 1.165) is 0 Å². The molecule has 4 aromatic carbocycles. The van der Waals surface area contributed by atoms with Crippen molar-refractivity contribution >= 4 is 64.5 Å². The molecule has 0 heterocycles. The second-order valence-corrected chi connectivity index (χ2v) is 10.9. The fourth-order valence-corrected chi connectivity index (χ4v) is 4.92. The van der Waals surface area contributed by atoms with Crippen LogP contribution in [0.2, 0.25) is 5.02 Å². The third kappa shape index (κ3) is 8.54. The van der Waals surface area contributed by atoms with Crippen LogP contribution in [0.5, 0.6) is 0 Å². The molecular formula is C32H25ClFN3O5S. The van der Waals surface area contributed by atoms with Crippen LogP contribution < -0.4 is 16.0 Å². The molecule has 0 aromatic heterocycles. The Labute approximate surface area is 256 Å². The number of carbonyl (C=O) groups is 4. The highest BCUT2D eigenvalue weighted by molar-refractivity contribution is 8.00. The molecule has 11 heteroatoms. The first-order chi connectivity index (χ1) is 20.6. The molecule has 4 aromatic rings. The second kappa shape index (κ2) is 14.3. The molecule has 0 saturated heterocycles. The molecule has 0 bridgehead atoms. The highest BCUT2D eigenvalue weighted by Crippen LogP contribution is 2.27. The van der Waals surface area contributed by atoms with Crippen molar-refractivity contribution in [1.82, 2.24) is 5.32 Å². The fourth-order valence-electron chi connectivity index (χ4n) is 3.78. The second-order valence-electron chi connectivity index (χ2n) is 9.13. The van der Waals surface area contributed by atoms with E-state index in [1.807, 2.05) is 0 Å². The maximum atomic E-state index is 14.6. The van der Waals surface area contributed by atoms with Crippen molar-refractivity contribution in [2.24, 2.45) is 0 Å². The number of rotatable bonds is 10. The first kappa shape index (κ1) is 31.0. The van der Waals surface area contributed by atoms with Gasteiger partial charge in [0.15, 0.2) is 0 Å². The number of halogens is 2. The number of carboxylic acid groups (broad SMARTS) is 1. The fraction of sp³-hybridized carbons (Fsp3) is 0.0625. The number of anilines is 2. The minimum absolute atomic E-state index is 0.0581. The molecule has 4 rings (SSSR count). The molecule has 1 atom stereocenters. The van der Waals surface area contributed by atoms with Gasteiger partial charge in [-0.25, -0.2) is 9.18 Å². The Morgan fingerprint density at radius 2 is 1.53 bits per heavy atom. The normalized spacial score (nSPS) is 11.7. The summed E-state index contributed by atoms with van der Waals surface area (Å²) in [6.07, 6.45) is 1.17. The zero-order chi connectivity index (χ0) is 30.9. The maximum absolute atomic E-state index is 14.6. The van der Waals surface area contributed by atoms with Gasteiger partial charge in [-0.3, -0.25) is 14.4 Å². The molecule has 218 valence electrons. The van der Waals surface area contributed by atoms with Crippen LogP contribution in [-0.2, 0) is 9.59 Å². The lowest BCUT2D eigenvalue weighted by molar-refractivity contribution is -0.115. The lowest BCUT2D eigenvalue weighted by Crippen LogP contribution is -2.30. The highest BCUT2D eigenvalue weighted by atomic mass is 35.5. The Hall–Kier alpha value is -4.93. The van der Waals surface area contributed by atoms with Crippen LogP contribution in [0.3, 0.4) is 0 Å². The van der Waals surface area contributed by atoms with Crippen molar-refractivity contribution in [3.05, 3.63) is 130 Å². The maximum Gasteiger partial charge on any atom is 0.335 e. The lowest BCUT2D eigenvalue weighted by Gasteiger charge is -2.14. The zero-order valence-corrected chi connectivity index (χ0v) is 24.2. The molecule has 3 amide bonds. The van der Waals surface area contributed by atoms with Gasteiger partial charge >= 0.3 is 5.97 Å². The minimum Gasteiger partial charge on any atom is -0.478 e. The van der Waals surface area contributed by atoms with Crippen molar-refractivity contribution in [3.8, 4) is 0 Å². The van der Waals surface area contributed by atoms with Gasteiger partial charge in [0.2, 0.25) is 5.91 Å². The van der Waals surface area contributed by atoms with E-state index in [1.165, 1.54) is 60.3 Å². The monoisotopic (exact) mass is 617 g/mol. The standard InChI is InChI=1S/C32H25ClFN3O5S/c1-19(29(38)35-22-15-13-21(14-16-22)32(41)42)43-24-10-5-9-23(17-24)36-31(40)28(18-25-26(33)11-6-12-27(25)34)37-30(39)20-7-3-2-4-8-20/h2-19H,1H3,(H,35,38)(H,36,40)(H,37,39)(H,41,42)/b28-18+. The van der Waals surface area contributed by atoms with E-state index in [0.29, 0.717) is 21.8 Å². The van der Waals surface area contributed by atoms with Gasteiger partial charge in [-0.15, -0.1) is 11.8 Å². The number of benzene rings is 4. The zero-order valence-electron chi connectivity index (χ0n) is 22.6. The molecule has 0 aliphatic carbocycles. The van der Waals surface area contributed by atoms with Crippen LogP contribution in [0.25, 0.3) is 6.08 Å². The molecule has 0 spiro atoms. The quantitative estimate of drug-likeness (QED) is 0.116. The summed E-state index contributed by atoms with van der Waals surface area (Å²) in [4.78, 5) is 50.6. The summed E-state index contributed by atoms with van der Waals surface area (Å²) in [6, 6.07) is 24.9. The molecular weight excluding hydrogens is 593 g/mol. The van der Waals surface area contributed by atoms with E-state index in [9.17, 15) is 23.6 Å². The Bertz CT molecular complexity index is 1680. The SMILES string of the molecule is CC(Sc1cccc(NC(=O)/C(=C\c2c(F)cccc2Cl)NC(=O)c2ccccc2)c1)C(=O)Nc1ccc(C(=O)O)cc1. The van der Waals surface area contributed by atoms with E-state index < -0.39 is 28.9 Å². The van der Waals surface area contributed by atoms with Crippen LogP contribution in [0.15, 0.2) is 108 Å². The predicted molar refractivity (Wildman–Crippen MR) is 166 cm³/mol. The average Bonchev–Trinajstić information content (AvgIpc) is 2.99. The molecule has 43 heavy (non-hydrogen) atoms. The first-order valence-electron chi connectivity index (χ1n) is 12.8. The minimum atomic E-state index is -1.06. The molecule has 8 nitrogen and oxygen atoms in total. The Kier molecular flexibility index (Phi) is 10.3. The number of carbonyl (C=O) groups excluding carboxylic acids is 3. The Morgan fingerprint density at radius 3 is 2.21 bits per heavy atom. The predicted octanol–water partition coefficient (Wildman–Crippen LogP) is 6.71. The summed E-state index contributed by atoms with van der Waals surface area (Å²) >= 11 is 7.40. The van der Waals surface area contributed by atoms with Crippen molar-refractivity contribution in [3.63, 3.8) is 0 Å². The molecule has 0 saturated carbocycles. The third-order valence-electron chi connectivity index (χ3n) is 5.99. The third-order valence-corrected chi connectivity index (χ3v) is 7.41. The summed E-state index contributed by atoms with van der Waals surface area (Å²) in [5.41, 5.74) is 0.921. The molecule has 0 fully saturated rings. The summed E-state index contributed by atoms with van der Waals surface area (Å²) in [7, 11) is 0. The topological polar surface area (TPSA) is 125 Å². The number of amides is 3. The number of hydrogen-bond acceptors (Lipinski definition) is 5. The van der Waals surface area contributed by atoms with Crippen LogP contribution in [0, 0.1) is 5.82 Å². The van der Waals surface area contributed by atoms with E-state index in [4.69, 9.17) is 16.7 Å². The van der Waals surface area contributed by atoms with E-state index >= 15 is 0 Å². The van der Waals surface area contributed by atoms with Gasteiger partial charge in [-0.05, 0) is 79.7 Å². The van der Waals surface area contributed by atoms with Gasteiger partial charge < -0.3 is 21.1 Å². The summed E-state index contributed by atoms with van der Waals surface area (Å²) in [5.74, 6) is -3.34. The first-order valence-corrected chi connectivity index (χ1v) is 14.1. The Morgan fingerprint density at radius 1 is 0.837 bits per heavy atom. The summed E-state index contributed by atoms with van der Waals surface area (Å²) in [6.45, 7) is 1.70. The molecule has 0 aliphatic rings. The Balaban J connectivity index is 1.49. The van der Waals surface area contributed by atoms with E-state index in [2.05, 4.69) is 16.0 Å². The highest BCUT2D eigenvalue weighted by Gasteiger charge is 2.19. The number of hydrogen-bond donors (Lipinski definition) is 4. The van der Waals surface area contributed by atoms with Crippen LogP contribution in [-0.4, -0.2) is 34.0 Å². The van der Waals surface area contributed by atoms with E-state index in [-0.39, 0.29) is 27.8 Å². The number of thioether (sulfide) groups is 1. The number of aromatic carboxylic acids is 1. The van der Waals surface area contributed by atoms with Crippen molar-refractivity contribution in [2.45, 2.75) is 17.1 Å². The molecule has 0 aliphatic heterocycles. The van der Waals surface area contributed by atoms with Gasteiger partial charge in [0, 0.05) is 27.4 Å². The summed E-state index contributed by atoms with van der Waals surface area (Å²) < 4.78 is 14.6. The van der Waals surface area contributed by atoms with Gasteiger partial charge in [-0.1, -0.05) is 41.9 Å². The number of carboxylic acids is 1. The smallest absolute Gasteiger partial charge is 0.335 e. The van der Waals surface area contributed by atoms with Crippen LogP contribution in [0.4, 0.5) is 15.8 Å². The largest absolute Gasteiger partial charge is 0.478 e.